The smallest absolute Gasteiger partial charge is 0.0663 e. The van der Waals surface area contributed by atoms with Gasteiger partial charge in [-0.25, -0.2) is 0 Å². The Morgan fingerprint density at radius 3 is 2.16 bits per heavy atom. The van der Waals surface area contributed by atoms with Crippen LogP contribution in [0.3, 0.4) is 0 Å². The van der Waals surface area contributed by atoms with E-state index in [4.69, 9.17) is 4.74 Å². The van der Waals surface area contributed by atoms with Crippen molar-refractivity contribution in [3.63, 3.8) is 0 Å². The molecule has 1 aliphatic heterocycles. The van der Waals surface area contributed by atoms with Gasteiger partial charge in [0.25, 0.3) is 0 Å². The summed E-state index contributed by atoms with van der Waals surface area (Å²) in [5.74, 6) is 3.11. The highest BCUT2D eigenvalue weighted by molar-refractivity contribution is 5.21. The van der Waals surface area contributed by atoms with E-state index in [2.05, 4.69) is 48.5 Å². The lowest BCUT2D eigenvalue weighted by Crippen LogP contribution is -2.67. The minimum Gasteiger partial charge on any atom is -0.393 e. The molecule has 1 saturated heterocycles. The number of hydrogen-bond donors (Lipinski definition) is 1. The van der Waals surface area contributed by atoms with Gasteiger partial charge in [0.2, 0.25) is 0 Å². The molecule has 0 radical (unpaired) electrons. The standard InChI is InChI=1S/C30H50O2/c1-25(2)14-16-30-17-15-28(6)19(23(30)24(25)32-18-30)8-9-21-27(5)12-11-22(31)26(3,4)20(27)10-13-29(21,28)7/h19-24,31H,8-18H2,1-7H3/t19-,20-,21-,22-,23-,24+,27+,28-,29-,30+/m1/s1. The maximum Gasteiger partial charge on any atom is 0.0663 e. The molecule has 32 heavy (non-hydrogen) atoms. The highest BCUT2D eigenvalue weighted by Gasteiger charge is 2.72. The van der Waals surface area contributed by atoms with Gasteiger partial charge >= 0.3 is 0 Å². The van der Waals surface area contributed by atoms with Gasteiger partial charge in [0.1, 0.15) is 0 Å². The molecule has 0 spiro atoms. The maximum atomic E-state index is 10.9. The van der Waals surface area contributed by atoms with Crippen LogP contribution in [-0.2, 0) is 4.74 Å². The molecule has 0 amide bonds. The molecule has 6 rings (SSSR count). The van der Waals surface area contributed by atoms with Crippen molar-refractivity contribution in [2.24, 2.45) is 56.2 Å². The fourth-order valence-electron chi connectivity index (χ4n) is 12.0. The zero-order valence-corrected chi connectivity index (χ0v) is 22.1. The summed E-state index contributed by atoms with van der Waals surface area (Å²) < 4.78 is 6.71. The molecule has 0 unspecified atom stereocenters. The first-order chi connectivity index (χ1) is 14.8. The van der Waals surface area contributed by atoms with Gasteiger partial charge in [-0.05, 0) is 120 Å². The van der Waals surface area contributed by atoms with E-state index in [9.17, 15) is 5.11 Å². The summed E-state index contributed by atoms with van der Waals surface area (Å²) in [4.78, 5) is 0. The SMILES string of the molecule is CC1(C)CC[C@@]23CC[C@]4(C)[C@H](CC[C@@H]5[C@@]6(C)CC[C@@H](O)C(C)(C)[C@H]6CC[C@]54C)[C@@H]2[C@@H]1OC3. The highest BCUT2D eigenvalue weighted by atomic mass is 16.5. The molecular formula is C30H50O2. The molecule has 2 heteroatoms. The number of aliphatic hydroxyl groups excluding tert-OH is 1. The first-order valence-electron chi connectivity index (χ1n) is 14.1. The Bertz CT molecular complexity index is 801. The normalized spacial score (nSPS) is 60.0. The molecule has 1 N–H and O–H groups in total. The van der Waals surface area contributed by atoms with Crippen molar-refractivity contribution in [3.05, 3.63) is 0 Å². The van der Waals surface area contributed by atoms with Crippen LogP contribution < -0.4 is 0 Å². The summed E-state index contributed by atoms with van der Waals surface area (Å²) in [6.45, 7) is 18.9. The van der Waals surface area contributed by atoms with E-state index in [1.807, 2.05) is 0 Å². The Kier molecular flexibility index (Phi) is 4.46. The Balaban J connectivity index is 1.39. The number of rotatable bonds is 0. The lowest BCUT2D eigenvalue weighted by Gasteiger charge is -2.73. The van der Waals surface area contributed by atoms with Gasteiger partial charge in [-0.15, -0.1) is 0 Å². The third-order valence-corrected chi connectivity index (χ3v) is 14.1. The summed E-state index contributed by atoms with van der Waals surface area (Å²) in [7, 11) is 0. The number of ether oxygens (including phenoxy) is 1. The first kappa shape index (κ1) is 22.4. The molecule has 0 aromatic heterocycles. The molecule has 6 fully saturated rings. The van der Waals surface area contributed by atoms with Crippen molar-refractivity contribution in [1.82, 2.24) is 0 Å². The van der Waals surface area contributed by atoms with Gasteiger partial charge in [-0.2, -0.15) is 0 Å². The molecule has 6 aliphatic rings. The number of aliphatic hydroxyl groups is 1. The number of hydrogen-bond acceptors (Lipinski definition) is 2. The van der Waals surface area contributed by atoms with Gasteiger partial charge in [-0.1, -0.05) is 48.5 Å². The van der Waals surface area contributed by atoms with E-state index in [1.165, 1.54) is 57.8 Å². The summed E-state index contributed by atoms with van der Waals surface area (Å²) in [6.07, 6.45) is 13.7. The fraction of sp³-hybridized carbons (Fsp3) is 1.00. The van der Waals surface area contributed by atoms with Crippen molar-refractivity contribution < 1.29 is 9.84 Å². The second-order valence-corrected chi connectivity index (χ2v) is 15.7. The zero-order valence-electron chi connectivity index (χ0n) is 22.1. The Labute approximate surface area is 197 Å². The summed E-state index contributed by atoms with van der Waals surface area (Å²) in [5.41, 5.74) is 2.16. The number of fused-ring (bicyclic) bond motifs is 5. The molecule has 10 atom stereocenters. The van der Waals surface area contributed by atoms with Crippen LogP contribution in [0.4, 0.5) is 0 Å². The minimum absolute atomic E-state index is 0.0586. The molecule has 2 nitrogen and oxygen atoms in total. The summed E-state index contributed by atoms with van der Waals surface area (Å²) in [6, 6.07) is 0. The Morgan fingerprint density at radius 2 is 1.41 bits per heavy atom. The van der Waals surface area contributed by atoms with Crippen LogP contribution in [0.15, 0.2) is 0 Å². The molecule has 182 valence electrons. The van der Waals surface area contributed by atoms with Crippen molar-refractivity contribution in [2.75, 3.05) is 6.61 Å². The lowest BCUT2D eigenvalue weighted by molar-refractivity contribution is -0.252. The van der Waals surface area contributed by atoms with E-state index in [0.717, 1.165) is 30.8 Å². The molecule has 0 aromatic rings. The quantitative estimate of drug-likeness (QED) is 0.428. The average molecular weight is 443 g/mol. The fourth-order valence-corrected chi connectivity index (χ4v) is 12.0. The van der Waals surface area contributed by atoms with Crippen molar-refractivity contribution >= 4 is 0 Å². The van der Waals surface area contributed by atoms with Crippen molar-refractivity contribution in [2.45, 2.75) is 125 Å². The molecule has 2 bridgehead atoms. The largest absolute Gasteiger partial charge is 0.393 e. The van der Waals surface area contributed by atoms with Gasteiger partial charge in [-0.3, -0.25) is 0 Å². The lowest BCUT2D eigenvalue weighted by atomic mass is 9.31. The monoisotopic (exact) mass is 442 g/mol. The predicted octanol–water partition coefficient (Wildman–Crippen LogP) is 7.24. The van der Waals surface area contributed by atoms with E-state index >= 15 is 0 Å². The van der Waals surface area contributed by atoms with Gasteiger partial charge in [0.15, 0.2) is 0 Å². The molecule has 5 saturated carbocycles. The molecule has 1 heterocycles. The van der Waals surface area contributed by atoms with Crippen molar-refractivity contribution in [1.29, 1.82) is 0 Å². The Hall–Kier alpha value is -0.0800. The topological polar surface area (TPSA) is 29.5 Å². The van der Waals surface area contributed by atoms with Crippen LogP contribution in [0.5, 0.6) is 0 Å². The van der Waals surface area contributed by atoms with Crippen LogP contribution in [0, 0.1) is 56.2 Å². The second kappa shape index (κ2) is 6.37. The summed E-state index contributed by atoms with van der Waals surface area (Å²) in [5, 5.41) is 10.9. The van der Waals surface area contributed by atoms with Gasteiger partial charge in [0.05, 0.1) is 18.8 Å². The minimum atomic E-state index is -0.122. The van der Waals surface area contributed by atoms with Crippen LogP contribution in [0.1, 0.15) is 113 Å². The predicted molar refractivity (Wildman–Crippen MR) is 130 cm³/mol. The first-order valence-corrected chi connectivity index (χ1v) is 14.1. The van der Waals surface area contributed by atoms with E-state index in [-0.39, 0.29) is 11.5 Å². The van der Waals surface area contributed by atoms with Crippen LogP contribution in [-0.4, -0.2) is 23.9 Å². The third kappa shape index (κ3) is 2.41. The zero-order chi connectivity index (χ0) is 22.9. The van der Waals surface area contributed by atoms with Gasteiger partial charge < -0.3 is 9.84 Å². The third-order valence-electron chi connectivity index (χ3n) is 14.1. The highest BCUT2D eigenvalue weighted by Crippen LogP contribution is 2.78. The molecule has 5 aliphatic carbocycles. The maximum absolute atomic E-state index is 10.9. The van der Waals surface area contributed by atoms with Crippen LogP contribution >= 0.6 is 0 Å². The summed E-state index contributed by atoms with van der Waals surface area (Å²) >= 11 is 0. The van der Waals surface area contributed by atoms with E-state index in [0.29, 0.717) is 39.1 Å². The van der Waals surface area contributed by atoms with Gasteiger partial charge in [0, 0.05) is 0 Å². The van der Waals surface area contributed by atoms with E-state index < -0.39 is 0 Å². The average Bonchev–Trinajstić information content (AvgIpc) is 3.05. The van der Waals surface area contributed by atoms with Crippen LogP contribution in [0.25, 0.3) is 0 Å². The second-order valence-electron chi connectivity index (χ2n) is 15.7. The molecular weight excluding hydrogens is 392 g/mol. The van der Waals surface area contributed by atoms with Crippen LogP contribution in [0.2, 0.25) is 0 Å². The van der Waals surface area contributed by atoms with E-state index in [1.54, 1.807) is 0 Å². The van der Waals surface area contributed by atoms with Crippen molar-refractivity contribution in [3.8, 4) is 0 Å². The molecule has 0 aromatic carbocycles. The Morgan fingerprint density at radius 1 is 0.688 bits per heavy atom.